The van der Waals surface area contributed by atoms with Crippen molar-refractivity contribution in [3.63, 3.8) is 0 Å². The molecule has 128 valence electrons. The highest BCUT2D eigenvalue weighted by Crippen LogP contribution is 2.16. The Kier molecular flexibility index (Phi) is 5.75. The minimum atomic E-state index is -0.251. The fourth-order valence-electron chi connectivity index (χ4n) is 2.42. The Morgan fingerprint density at radius 3 is 2.72 bits per heavy atom. The van der Waals surface area contributed by atoms with Gasteiger partial charge in [-0.15, -0.1) is 0 Å². The largest absolute Gasteiger partial charge is 0.489 e. The molecule has 2 aromatic carbocycles. The number of hydrogen-bond acceptors (Lipinski definition) is 3. The maximum Gasteiger partial charge on any atom is 0.287 e. The summed E-state index contributed by atoms with van der Waals surface area (Å²) in [5.41, 5.74) is 1.78. The Hall–Kier alpha value is -2.72. The maximum atomic E-state index is 12.3. The van der Waals surface area contributed by atoms with Gasteiger partial charge in [-0.1, -0.05) is 41.9 Å². The molecule has 1 N–H and O–H groups in total. The Bertz CT molecular complexity index is 830. The summed E-state index contributed by atoms with van der Waals surface area (Å²) in [5.74, 6) is 0.775. The van der Waals surface area contributed by atoms with Crippen LogP contribution in [-0.4, -0.2) is 12.5 Å². The quantitative estimate of drug-likeness (QED) is 0.679. The molecule has 0 aliphatic heterocycles. The molecule has 3 rings (SSSR count). The lowest BCUT2D eigenvalue weighted by Gasteiger charge is -2.07. The van der Waals surface area contributed by atoms with Crippen LogP contribution in [0.3, 0.4) is 0 Å². The average molecular weight is 356 g/mol. The number of furan rings is 1. The van der Waals surface area contributed by atoms with E-state index in [2.05, 4.69) is 5.32 Å². The molecule has 0 atom stereocenters. The number of ether oxygens (including phenoxy) is 1. The first-order chi connectivity index (χ1) is 12.2. The van der Waals surface area contributed by atoms with Crippen molar-refractivity contribution in [1.29, 1.82) is 0 Å². The number of nitrogens with one attached hydrogen (secondary N) is 1. The third-order valence-electron chi connectivity index (χ3n) is 3.68. The SMILES string of the molecule is O=C(NCCc1cccc(Cl)c1)c1occc1COc1ccccc1. The van der Waals surface area contributed by atoms with E-state index < -0.39 is 0 Å². The number of para-hydroxylation sites is 1. The van der Waals surface area contributed by atoms with Crippen molar-refractivity contribution < 1.29 is 13.9 Å². The van der Waals surface area contributed by atoms with Crippen LogP contribution in [0.2, 0.25) is 5.02 Å². The van der Waals surface area contributed by atoms with Crippen molar-refractivity contribution in [2.24, 2.45) is 0 Å². The molecule has 1 heterocycles. The summed E-state index contributed by atoms with van der Waals surface area (Å²) in [5, 5.41) is 3.55. The fourth-order valence-corrected chi connectivity index (χ4v) is 2.63. The number of carbonyl (C=O) groups excluding carboxylic acids is 1. The van der Waals surface area contributed by atoms with E-state index in [1.54, 1.807) is 6.07 Å². The maximum absolute atomic E-state index is 12.3. The first-order valence-electron chi connectivity index (χ1n) is 7.99. The normalized spacial score (nSPS) is 10.4. The molecule has 0 unspecified atom stereocenters. The van der Waals surface area contributed by atoms with Crippen LogP contribution in [0.4, 0.5) is 0 Å². The number of carbonyl (C=O) groups is 1. The summed E-state index contributed by atoms with van der Waals surface area (Å²) in [6.07, 6.45) is 2.19. The second-order valence-electron chi connectivity index (χ2n) is 5.51. The molecule has 0 fully saturated rings. The van der Waals surface area contributed by atoms with Gasteiger partial charge in [-0.2, -0.15) is 0 Å². The van der Waals surface area contributed by atoms with Crippen molar-refractivity contribution in [3.8, 4) is 5.75 Å². The van der Waals surface area contributed by atoms with E-state index in [0.717, 1.165) is 11.3 Å². The van der Waals surface area contributed by atoms with Gasteiger partial charge in [0.15, 0.2) is 5.76 Å². The van der Waals surface area contributed by atoms with E-state index in [0.29, 0.717) is 23.6 Å². The van der Waals surface area contributed by atoms with E-state index in [-0.39, 0.29) is 18.3 Å². The molecule has 0 radical (unpaired) electrons. The lowest BCUT2D eigenvalue weighted by molar-refractivity contribution is 0.0923. The predicted molar refractivity (Wildman–Crippen MR) is 97.0 cm³/mol. The van der Waals surface area contributed by atoms with E-state index in [4.69, 9.17) is 20.8 Å². The lowest BCUT2D eigenvalue weighted by atomic mass is 10.1. The molecule has 25 heavy (non-hydrogen) atoms. The molecule has 0 saturated carbocycles. The second kappa shape index (κ2) is 8.40. The van der Waals surface area contributed by atoms with Crippen molar-refractivity contribution >= 4 is 17.5 Å². The summed E-state index contributed by atoms with van der Waals surface area (Å²) in [7, 11) is 0. The van der Waals surface area contributed by atoms with Gasteiger partial charge in [-0.25, -0.2) is 0 Å². The van der Waals surface area contributed by atoms with Gasteiger partial charge >= 0.3 is 0 Å². The summed E-state index contributed by atoms with van der Waals surface area (Å²) in [4.78, 5) is 12.3. The first-order valence-corrected chi connectivity index (χ1v) is 8.37. The van der Waals surface area contributed by atoms with Crippen LogP contribution in [0.15, 0.2) is 71.3 Å². The molecule has 5 heteroatoms. The number of amides is 1. The summed E-state index contributed by atoms with van der Waals surface area (Å²) < 4.78 is 11.0. The van der Waals surface area contributed by atoms with Gasteiger partial charge in [0.05, 0.1) is 6.26 Å². The fraction of sp³-hybridized carbons (Fsp3) is 0.150. The van der Waals surface area contributed by atoms with Gasteiger partial charge in [0.2, 0.25) is 0 Å². The molecule has 0 bridgehead atoms. The Morgan fingerprint density at radius 2 is 1.92 bits per heavy atom. The number of hydrogen-bond donors (Lipinski definition) is 1. The smallest absolute Gasteiger partial charge is 0.287 e. The molecule has 0 spiro atoms. The van der Waals surface area contributed by atoms with Gasteiger partial charge in [0.1, 0.15) is 12.4 Å². The Labute approximate surface area is 151 Å². The number of benzene rings is 2. The van der Waals surface area contributed by atoms with Crippen molar-refractivity contribution in [2.75, 3.05) is 6.54 Å². The van der Waals surface area contributed by atoms with E-state index in [9.17, 15) is 4.79 Å². The minimum Gasteiger partial charge on any atom is -0.489 e. The zero-order valence-electron chi connectivity index (χ0n) is 13.6. The standard InChI is InChI=1S/C20H18ClNO3/c21-17-6-4-5-15(13-17)9-11-22-20(23)19-16(10-12-24-19)14-25-18-7-2-1-3-8-18/h1-8,10,12-13H,9,11,14H2,(H,22,23). The van der Waals surface area contributed by atoms with Crippen molar-refractivity contribution in [2.45, 2.75) is 13.0 Å². The molecule has 1 amide bonds. The molecular formula is C20H18ClNO3. The lowest BCUT2D eigenvalue weighted by Crippen LogP contribution is -2.26. The zero-order chi connectivity index (χ0) is 17.5. The first kappa shape index (κ1) is 17.1. The summed E-state index contributed by atoms with van der Waals surface area (Å²) >= 11 is 5.96. The van der Waals surface area contributed by atoms with Crippen LogP contribution in [0.5, 0.6) is 5.75 Å². The Morgan fingerprint density at radius 1 is 1.08 bits per heavy atom. The summed E-state index contributed by atoms with van der Waals surface area (Å²) in [6, 6.07) is 18.8. The van der Waals surface area contributed by atoms with Gasteiger partial charge in [-0.3, -0.25) is 4.79 Å². The molecule has 0 aliphatic carbocycles. The summed E-state index contributed by atoms with van der Waals surface area (Å²) in [6.45, 7) is 0.774. The topological polar surface area (TPSA) is 51.5 Å². The van der Waals surface area contributed by atoms with Crippen LogP contribution in [0.25, 0.3) is 0 Å². The monoisotopic (exact) mass is 355 g/mol. The highest BCUT2D eigenvalue weighted by Gasteiger charge is 2.15. The van der Waals surface area contributed by atoms with Crippen LogP contribution < -0.4 is 10.1 Å². The van der Waals surface area contributed by atoms with Crippen LogP contribution in [0, 0.1) is 0 Å². The van der Waals surface area contributed by atoms with E-state index in [1.165, 1.54) is 6.26 Å². The van der Waals surface area contributed by atoms with Gasteiger partial charge < -0.3 is 14.5 Å². The Balaban J connectivity index is 1.53. The van der Waals surface area contributed by atoms with Crippen LogP contribution in [-0.2, 0) is 13.0 Å². The van der Waals surface area contributed by atoms with E-state index >= 15 is 0 Å². The highest BCUT2D eigenvalue weighted by molar-refractivity contribution is 6.30. The zero-order valence-corrected chi connectivity index (χ0v) is 14.3. The third kappa shape index (κ3) is 4.88. The number of rotatable bonds is 7. The van der Waals surface area contributed by atoms with Crippen LogP contribution in [0.1, 0.15) is 21.7 Å². The predicted octanol–water partition coefficient (Wildman–Crippen LogP) is 4.48. The molecular weight excluding hydrogens is 338 g/mol. The number of halogens is 1. The highest BCUT2D eigenvalue weighted by atomic mass is 35.5. The molecule has 3 aromatic rings. The van der Waals surface area contributed by atoms with Crippen molar-refractivity contribution in [1.82, 2.24) is 5.32 Å². The molecule has 0 saturated heterocycles. The van der Waals surface area contributed by atoms with Gasteiger partial charge in [0, 0.05) is 17.1 Å². The van der Waals surface area contributed by atoms with Crippen LogP contribution >= 0.6 is 11.6 Å². The van der Waals surface area contributed by atoms with Gasteiger partial charge in [-0.05, 0) is 42.3 Å². The second-order valence-corrected chi connectivity index (χ2v) is 5.95. The van der Waals surface area contributed by atoms with Gasteiger partial charge in [0.25, 0.3) is 5.91 Å². The third-order valence-corrected chi connectivity index (χ3v) is 3.91. The average Bonchev–Trinajstić information content (AvgIpc) is 3.09. The molecule has 0 aliphatic rings. The molecule has 1 aromatic heterocycles. The van der Waals surface area contributed by atoms with E-state index in [1.807, 2.05) is 54.6 Å². The minimum absolute atomic E-state index is 0.251. The molecule has 4 nitrogen and oxygen atoms in total. The van der Waals surface area contributed by atoms with Crippen molar-refractivity contribution in [3.05, 3.63) is 88.8 Å².